The molecular formula is C25H33N3O4. The zero-order valence-electron chi connectivity index (χ0n) is 18.6. The molecule has 32 heavy (non-hydrogen) atoms. The summed E-state index contributed by atoms with van der Waals surface area (Å²) in [6.07, 6.45) is 0.162. The highest BCUT2D eigenvalue weighted by molar-refractivity contribution is 5.80. The van der Waals surface area contributed by atoms with Crippen LogP contribution in [0.25, 0.3) is 0 Å². The van der Waals surface area contributed by atoms with E-state index in [1.165, 1.54) is 11.1 Å². The van der Waals surface area contributed by atoms with Crippen LogP contribution >= 0.6 is 0 Å². The second-order valence-corrected chi connectivity index (χ2v) is 8.42. The standard InChI is InChI=1S/C24H31N3O2.CH2O2/c1-25-13-12-22(28)21(18-25)24(29)27-16-14-26(15-17-27)23(19-8-4-2-5-9-19)20-10-6-3-7-11-20;2-1-3/h2-11,21-23,28H,12-18H2,1H3;1H,(H,2,3)/t21-,22-;/m1./s1. The number of carbonyl (C=O) groups excluding carboxylic acids is 1. The number of rotatable bonds is 4. The third kappa shape index (κ3) is 5.94. The minimum atomic E-state index is -0.516. The van der Waals surface area contributed by atoms with Crippen molar-refractivity contribution in [2.45, 2.75) is 18.6 Å². The number of aliphatic hydroxyl groups excluding tert-OH is 1. The van der Waals surface area contributed by atoms with Gasteiger partial charge in [0, 0.05) is 39.3 Å². The predicted molar refractivity (Wildman–Crippen MR) is 123 cm³/mol. The summed E-state index contributed by atoms with van der Waals surface area (Å²) >= 11 is 0. The molecule has 2 fully saturated rings. The van der Waals surface area contributed by atoms with Gasteiger partial charge in [0.05, 0.1) is 18.1 Å². The summed E-state index contributed by atoms with van der Waals surface area (Å²) in [6.45, 7) is 4.34. The highest BCUT2D eigenvalue weighted by Gasteiger charge is 2.36. The first-order valence-corrected chi connectivity index (χ1v) is 11.1. The molecule has 1 amide bonds. The summed E-state index contributed by atoms with van der Waals surface area (Å²) in [4.78, 5) is 28.0. The number of carbonyl (C=O) groups is 2. The van der Waals surface area contributed by atoms with Crippen LogP contribution in [-0.4, -0.2) is 89.7 Å². The van der Waals surface area contributed by atoms with Crippen molar-refractivity contribution in [3.8, 4) is 0 Å². The lowest BCUT2D eigenvalue weighted by molar-refractivity contribution is -0.144. The van der Waals surface area contributed by atoms with Gasteiger partial charge in [-0.1, -0.05) is 60.7 Å². The average molecular weight is 440 g/mol. The van der Waals surface area contributed by atoms with Gasteiger partial charge in [-0.2, -0.15) is 0 Å². The lowest BCUT2D eigenvalue weighted by Gasteiger charge is -2.42. The molecule has 2 aromatic rings. The van der Waals surface area contributed by atoms with Crippen molar-refractivity contribution in [1.29, 1.82) is 0 Å². The Bertz CT molecular complexity index is 801. The Hall–Kier alpha value is -2.74. The highest BCUT2D eigenvalue weighted by Crippen LogP contribution is 2.30. The molecule has 2 aromatic carbocycles. The van der Waals surface area contributed by atoms with Gasteiger partial charge >= 0.3 is 0 Å². The summed E-state index contributed by atoms with van der Waals surface area (Å²) < 4.78 is 0. The average Bonchev–Trinajstić information content (AvgIpc) is 2.83. The van der Waals surface area contributed by atoms with Gasteiger partial charge in [-0.3, -0.25) is 14.5 Å². The van der Waals surface area contributed by atoms with E-state index in [2.05, 4.69) is 70.5 Å². The maximum absolute atomic E-state index is 13.0. The Kier molecular flexibility index (Phi) is 8.79. The van der Waals surface area contributed by atoms with Gasteiger partial charge in [0.1, 0.15) is 0 Å². The predicted octanol–water partition coefficient (Wildman–Crippen LogP) is 1.93. The topological polar surface area (TPSA) is 84.3 Å². The zero-order valence-corrected chi connectivity index (χ0v) is 18.6. The molecule has 2 atom stereocenters. The largest absolute Gasteiger partial charge is 0.483 e. The molecule has 0 saturated carbocycles. The minimum absolute atomic E-state index is 0.111. The molecule has 0 spiro atoms. The molecule has 2 aliphatic heterocycles. The van der Waals surface area contributed by atoms with Crippen LogP contribution in [0.1, 0.15) is 23.6 Å². The fourth-order valence-electron chi connectivity index (χ4n) is 4.67. The van der Waals surface area contributed by atoms with Crippen molar-refractivity contribution in [3.63, 3.8) is 0 Å². The number of likely N-dealkylation sites (tertiary alicyclic amines) is 1. The summed E-state index contributed by atoms with van der Waals surface area (Å²) in [5, 5.41) is 17.2. The fraction of sp³-hybridized carbons (Fsp3) is 0.440. The summed E-state index contributed by atoms with van der Waals surface area (Å²) in [5.41, 5.74) is 2.56. The maximum Gasteiger partial charge on any atom is 0.290 e. The van der Waals surface area contributed by atoms with Crippen molar-refractivity contribution in [3.05, 3.63) is 71.8 Å². The Labute approximate surface area is 189 Å². The maximum atomic E-state index is 13.0. The minimum Gasteiger partial charge on any atom is -0.483 e. The molecule has 2 saturated heterocycles. The third-order valence-electron chi connectivity index (χ3n) is 6.32. The van der Waals surface area contributed by atoms with Gasteiger partial charge in [0.25, 0.3) is 6.47 Å². The second-order valence-electron chi connectivity index (χ2n) is 8.42. The fourth-order valence-corrected chi connectivity index (χ4v) is 4.67. The molecule has 2 N–H and O–H groups in total. The number of carboxylic acid groups (broad SMARTS) is 1. The number of hydrogen-bond acceptors (Lipinski definition) is 5. The lowest BCUT2D eigenvalue weighted by Crippen LogP contribution is -2.55. The smallest absolute Gasteiger partial charge is 0.290 e. The van der Waals surface area contributed by atoms with Crippen LogP contribution in [0.5, 0.6) is 0 Å². The first kappa shape index (κ1) is 23.9. The van der Waals surface area contributed by atoms with Crippen LogP contribution in [0.2, 0.25) is 0 Å². The van der Waals surface area contributed by atoms with Gasteiger partial charge in [-0.05, 0) is 24.6 Å². The molecule has 7 nitrogen and oxygen atoms in total. The van der Waals surface area contributed by atoms with Gasteiger partial charge in [0.2, 0.25) is 5.91 Å². The number of benzene rings is 2. The lowest BCUT2D eigenvalue weighted by atomic mass is 9.93. The van der Waals surface area contributed by atoms with Gasteiger partial charge in [0.15, 0.2) is 0 Å². The quantitative estimate of drug-likeness (QED) is 0.709. The number of piperazine rings is 1. The molecular weight excluding hydrogens is 406 g/mol. The van der Waals surface area contributed by atoms with E-state index in [9.17, 15) is 9.90 Å². The molecule has 0 radical (unpaired) electrons. The highest BCUT2D eigenvalue weighted by atomic mass is 16.3. The normalized spacial score (nSPS) is 22.2. The first-order chi connectivity index (χ1) is 15.5. The van der Waals surface area contributed by atoms with Crippen molar-refractivity contribution in [2.24, 2.45) is 5.92 Å². The molecule has 2 aliphatic rings. The van der Waals surface area contributed by atoms with Crippen LogP contribution in [0.4, 0.5) is 0 Å². The zero-order chi connectivity index (χ0) is 22.9. The van der Waals surface area contributed by atoms with Crippen LogP contribution in [0, 0.1) is 5.92 Å². The number of hydrogen-bond donors (Lipinski definition) is 2. The van der Waals surface area contributed by atoms with Gasteiger partial charge in [-0.15, -0.1) is 0 Å². The molecule has 0 unspecified atom stereocenters. The van der Waals surface area contributed by atoms with Crippen molar-refractivity contribution >= 4 is 12.4 Å². The number of aliphatic hydroxyl groups is 1. The summed E-state index contributed by atoms with van der Waals surface area (Å²) in [7, 11) is 2.02. The van der Waals surface area contributed by atoms with E-state index in [1.807, 2.05) is 11.9 Å². The van der Waals surface area contributed by atoms with Gasteiger partial charge < -0.3 is 20.0 Å². The molecule has 2 heterocycles. The molecule has 7 heteroatoms. The summed E-state index contributed by atoms with van der Waals surface area (Å²) in [6, 6.07) is 21.4. The molecule has 4 rings (SSSR count). The Morgan fingerprint density at radius 2 is 1.44 bits per heavy atom. The number of piperidine rings is 1. The Morgan fingerprint density at radius 1 is 0.938 bits per heavy atom. The van der Waals surface area contributed by atoms with E-state index < -0.39 is 6.10 Å². The molecule has 172 valence electrons. The van der Waals surface area contributed by atoms with Crippen molar-refractivity contribution in [2.75, 3.05) is 46.3 Å². The first-order valence-electron chi connectivity index (χ1n) is 11.1. The van der Waals surface area contributed by atoms with E-state index in [-0.39, 0.29) is 24.3 Å². The third-order valence-corrected chi connectivity index (χ3v) is 6.32. The van der Waals surface area contributed by atoms with Crippen LogP contribution < -0.4 is 0 Å². The van der Waals surface area contributed by atoms with E-state index in [4.69, 9.17) is 9.90 Å². The van der Waals surface area contributed by atoms with Gasteiger partial charge in [-0.25, -0.2) is 0 Å². The Morgan fingerprint density at radius 3 is 1.94 bits per heavy atom. The van der Waals surface area contributed by atoms with Crippen LogP contribution in [-0.2, 0) is 9.59 Å². The number of nitrogens with zero attached hydrogens (tertiary/aromatic N) is 3. The van der Waals surface area contributed by atoms with Crippen molar-refractivity contribution in [1.82, 2.24) is 14.7 Å². The van der Waals surface area contributed by atoms with E-state index in [0.717, 1.165) is 19.6 Å². The molecule has 0 aliphatic carbocycles. The SMILES string of the molecule is CN1CC[C@@H](O)[C@H](C(=O)N2CCN(C(c3ccccc3)c3ccccc3)CC2)C1.O=CO. The van der Waals surface area contributed by atoms with E-state index in [1.54, 1.807) is 0 Å². The molecule has 0 bridgehead atoms. The van der Waals surface area contributed by atoms with Crippen molar-refractivity contribution < 1.29 is 19.8 Å². The van der Waals surface area contributed by atoms with Crippen LogP contribution in [0.3, 0.4) is 0 Å². The Balaban J connectivity index is 0.000000913. The van der Waals surface area contributed by atoms with E-state index in [0.29, 0.717) is 26.1 Å². The molecule has 0 aromatic heterocycles. The number of amides is 1. The summed E-state index contributed by atoms with van der Waals surface area (Å²) in [5.74, 6) is -0.181. The van der Waals surface area contributed by atoms with Crippen LogP contribution in [0.15, 0.2) is 60.7 Å². The van der Waals surface area contributed by atoms with E-state index >= 15 is 0 Å². The second kappa shape index (κ2) is 11.8. The monoisotopic (exact) mass is 439 g/mol.